The molecule has 0 bridgehead atoms. The monoisotopic (exact) mass is 331 g/mol. The van der Waals surface area contributed by atoms with Crippen LogP contribution < -0.4 is 16.4 Å². The van der Waals surface area contributed by atoms with E-state index < -0.39 is 0 Å². The van der Waals surface area contributed by atoms with Gasteiger partial charge in [-0.2, -0.15) is 0 Å². The molecule has 1 aromatic rings. The molecule has 1 heterocycles. The molecule has 6 nitrogen and oxygen atoms in total. The number of rotatable bonds is 7. The van der Waals surface area contributed by atoms with Gasteiger partial charge in [-0.15, -0.1) is 0 Å². The summed E-state index contributed by atoms with van der Waals surface area (Å²) in [5, 5.41) is 6.02. The van der Waals surface area contributed by atoms with Crippen molar-refractivity contribution in [1.29, 1.82) is 0 Å². The molecule has 132 valence electrons. The lowest BCUT2D eigenvalue weighted by atomic mass is 10.1. The third-order valence-electron chi connectivity index (χ3n) is 4.38. The molecule has 1 aromatic carbocycles. The topological polar surface area (TPSA) is 82.8 Å². The van der Waals surface area contributed by atoms with Crippen molar-refractivity contribution in [2.45, 2.75) is 39.3 Å². The maximum atomic E-state index is 11.9. The SMILES string of the molecule is CCNC(=O)c1cccc(CN=C(N)NCC2CCCN2CC)c1. The Morgan fingerprint density at radius 2 is 2.21 bits per heavy atom. The van der Waals surface area contributed by atoms with E-state index in [9.17, 15) is 4.79 Å². The van der Waals surface area contributed by atoms with Crippen LogP contribution in [0.3, 0.4) is 0 Å². The van der Waals surface area contributed by atoms with Crippen LogP contribution in [0.1, 0.15) is 42.6 Å². The van der Waals surface area contributed by atoms with Crippen molar-refractivity contribution in [3.05, 3.63) is 35.4 Å². The van der Waals surface area contributed by atoms with Crippen molar-refractivity contribution in [3.8, 4) is 0 Å². The minimum Gasteiger partial charge on any atom is -0.370 e. The zero-order valence-electron chi connectivity index (χ0n) is 14.7. The molecule has 1 atom stereocenters. The lowest BCUT2D eigenvalue weighted by Crippen LogP contribution is -2.42. The number of nitrogens with zero attached hydrogens (tertiary/aromatic N) is 2. The Bertz CT molecular complexity index is 572. The number of carbonyl (C=O) groups is 1. The van der Waals surface area contributed by atoms with Gasteiger partial charge in [-0.3, -0.25) is 9.69 Å². The highest BCUT2D eigenvalue weighted by molar-refractivity contribution is 5.94. The van der Waals surface area contributed by atoms with E-state index in [1.54, 1.807) is 6.07 Å². The first kappa shape index (κ1) is 18.3. The van der Waals surface area contributed by atoms with E-state index in [1.165, 1.54) is 19.4 Å². The van der Waals surface area contributed by atoms with Gasteiger partial charge in [-0.05, 0) is 50.6 Å². The van der Waals surface area contributed by atoms with Crippen molar-refractivity contribution >= 4 is 11.9 Å². The van der Waals surface area contributed by atoms with Crippen molar-refractivity contribution < 1.29 is 4.79 Å². The summed E-state index contributed by atoms with van der Waals surface area (Å²) in [5.74, 6) is 0.400. The number of carbonyl (C=O) groups excluding carboxylic acids is 1. The molecule has 0 spiro atoms. The molecule has 1 aliphatic rings. The molecular weight excluding hydrogens is 302 g/mol. The molecule has 1 unspecified atom stereocenters. The van der Waals surface area contributed by atoms with Gasteiger partial charge in [-0.1, -0.05) is 19.1 Å². The fraction of sp³-hybridized carbons (Fsp3) is 0.556. The lowest BCUT2D eigenvalue weighted by Gasteiger charge is -2.23. The average molecular weight is 331 g/mol. The van der Waals surface area contributed by atoms with Crippen LogP contribution in [0.4, 0.5) is 0 Å². The Hall–Kier alpha value is -2.08. The van der Waals surface area contributed by atoms with Crippen molar-refractivity contribution in [3.63, 3.8) is 0 Å². The quantitative estimate of drug-likeness (QED) is 0.520. The summed E-state index contributed by atoms with van der Waals surface area (Å²) >= 11 is 0. The number of nitrogens with two attached hydrogens (primary N) is 1. The Kier molecular flexibility index (Phi) is 7.06. The van der Waals surface area contributed by atoms with Crippen molar-refractivity contribution in [1.82, 2.24) is 15.5 Å². The van der Waals surface area contributed by atoms with E-state index >= 15 is 0 Å². The predicted octanol–water partition coefficient (Wildman–Crippen LogP) is 1.32. The molecule has 4 N–H and O–H groups in total. The second kappa shape index (κ2) is 9.27. The van der Waals surface area contributed by atoms with Crippen molar-refractivity contribution in [2.75, 3.05) is 26.2 Å². The van der Waals surface area contributed by atoms with Crippen LogP contribution in [0.15, 0.2) is 29.3 Å². The molecule has 2 rings (SSSR count). The van der Waals surface area contributed by atoms with Crippen LogP contribution in [0.5, 0.6) is 0 Å². The van der Waals surface area contributed by atoms with Gasteiger partial charge in [0, 0.05) is 24.7 Å². The molecule has 0 aromatic heterocycles. The zero-order valence-corrected chi connectivity index (χ0v) is 14.7. The third-order valence-corrected chi connectivity index (χ3v) is 4.38. The van der Waals surface area contributed by atoms with E-state index in [4.69, 9.17) is 5.73 Å². The molecule has 0 radical (unpaired) electrons. The highest BCUT2D eigenvalue weighted by atomic mass is 16.1. The maximum Gasteiger partial charge on any atom is 0.251 e. The minimum absolute atomic E-state index is 0.0599. The predicted molar refractivity (Wildman–Crippen MR) is 98.0 cm³/mol. The summed E-state index contributed by atoms with van der Waals surface area (Å²) < 4.78 is 0. The van der Waals surface area contributed by atoms with Gasteiger partial charge in [0.1, 0.15) is 0 Å². The van der Waals surface area contributed by atoms with Gasteiger partial charge in [0.15, 0.2) is 5.96 Å². The van der Waals surface area contributed by atoms with E-state index in [-0.39, 0.29) is 5.91 Å². The smallest absolute Gasteiger partial charge is 0.251 e. The molecule has 24 heavy (non-hydrogen) atoms. The molecule has 6 heteroatoms. The molecule has 1 amide bonds. The normalized spacial score (nSPS) is 18.6. The molecule has 1 saturated heterocycles. The number of benzene rings is 1. The fourth-order valence-electron chi connectivity index (χ4n) is 3.07. The summed E-state index contributed by atoms with van der Waals surface area (Å²) in [6.07, 6.45) is 2.46. The van der Waals surface area contributed by atoms with Crippen LogP contribution >= 0.6 is 0 Å². The number of likely N-dealkylation sites (tertiary alicyclic amines) is 1. The molecule has 0 aliphatic carbocycles. The van der Waals surface area contributed by atoms with Gasteiger partial charge < -0.3 is 16.4 Å². The zero-order chi connectivity index (χ0) is 17.4. The number of nitrogens with one attached hydrogen (secondary N) is 2. The standard InChI is InChI=1S/C18H29N5O/c1-3-20-17(24)15-8-5-7-14(11-15)12-21-18(19)22-13-16-9-6-10-23(16)4-2/h5,7-8,11,16H,3-4,6,9-10,12-13H2,1-2H3,(H,20,24)(H3,19,21,22). The number of hydrogen-bond acceptors (Lipinski definition) is 3. The summed E-state index contributed by atoms with van der Waals surface area (Å²) in [7, 11) is 0. The van der Waals surface area contributed by atoms with Crippen LogP contribution in [0.25, 0.3) is 0 Å². The lowest BCUT2D eigenvalue weighted by molar-refractivity contribution is 0.0955. The largest absolute Gasteiger partial charge is 0.370 e. The molecule has 1 aliphatic heterocycles. The highest BCUT2D eigenvalue weighted by Crippen LogP contribution is 2.15. The van der Waals surface area contributed by atoms with Gasteiger partial charge in [0.05, 0.1) is 6.54 Å². The van der Waals surface area contributed by atoms with E-state index in [0.29, 0.717) is 30.7 Å². The van der Waals surface area contributed by atoms with Gasteiger partial charge in [-0.25, -0.2) is 4.99 Å². The Balaban J connectivity index is 1.85. The first-order valence-corrected chi connectivity index (χ1v) is 8.79. The van der Waals surface area contributed by atoms with Gasteiger partial charge in [0.2, 0.25) is 0 Å². The number of amides is 1. The van der Waals surface area contributed by atoms with E-state index in [2.05, 4.69) is 27.4 Å². The molecule has 0 saturated carbocycles. The van der Waals surface area contributed by atoms with Crippen LogP contribution in [-0.4, -0.2) is 49.0 Å². The van der Waals surface area contributed by atoms with Crippen LogP contribution in [0.2, 0.25) is 0 Å². The highest BCUT2D eigenvalue weighted by Gasteiger charge is 2.22. The first-order valence-electron chi connectivity index (χ1n) is 8.79. The van der Waals surface area contributed by atoms with Crippen molar-refractivity contribution in [2.24, 2.45) is 10.7 Å². The Morgan fingerprint density at radius 1 is 1.38 bits per heavy atom. The first-order chi connectivity index (χ1) is 11.6. The maximum absolute atomic E-state index is 11.9. The average Bonchev–Trinajstić information content (AvgIpc) is 3.06. The second-order valence-corrected chi connectivity index (χ2v) is 6.07. The number of likely N-dealkylation sites (N-methyl/N-ethyl adjacent to an activating group) is 1. The van der Waals surface area contributed by atoms with Gasteiger partial charge >= 0.3 is 0 Å². The molecular formula is C18H29N5O. The number of aliphatic imine (C=N–C) groups is 1. The minimum atomic E-state index is -0.0599. The third kappa shape index (κ3) is 5.23. The number of hydrogen-bond donors (Lipinski definition) is 3. The van der Waals surface area contributed by atoms with E-state index in [1.807, 2.05) is 25.1 Å². The number of guanidine groups is 1. The Labute approximate surface area is 144 Å². The van der Waals surface area contributed by atoms with Crippen LogP contribution in [-0.2, 0) is 6.54 Å². The van der Waals surface area contributed by atoms with Crippen LogP contribution in [0, 0.1) is 0 Å². The van der Waals surface area contributed by atoms with Gasteiger partial charge in [0.25, 0.3) is 5.91 Å². The summed E-state index contributed by atoms with van der Waals surface area (Å²) in [4.78, 5) is 18.7. The summed E-state index contributed by atoms with van der Waals surface area (Å²) in [5.41, 5.74) is 7.60. The summed E-state index contributed by atoms with van der Waals surface area (Å²) in [6.45, 7) is 8.27. The summed E-state index contributed by atoms with van der Waals surface area (Å²) in [6, 6.07) is 8.04. The molecule has 1 fully saturated rings. The second-order valence-electron chi connectivity index (χ2n) is 6.07. The Morgan fingerprint density at radius 3 is 2.96 bits per heavy atom. The van der Waals surface area contributed by atoms with E-state index in [0.717, 1.165) is 18.7 Å². The fourth-order valence-corrected chi connectivity index (χ4v) is 3.07.